The van der Waals surface area contributed by atoms with Crippen LogP contribution in [0.1, 0.15) is 109 Å². The number of fused-ring (bicyclic) bond motifs is 1. The quantitative estimate of drug-likeness (QED) is 0.110. The Labute approximate surface area is 242 Å². The second kappa shape index (κ2) is 14.4. The van der Waals surface area contributed by atoms with Crippen molar-refractivity contribution >= 4 is 5.71 Å². The van der Waals surface area contributed by atoms with E-state index in [1.54, 1.807) is 0 Å². The van der Waals surface area contributed by atoms with Gasteiger partial charge in [0.15, 0.2) is 11.6 Å². The van der Waals surface area contributed by atoms with Gasteiger partial charge in [-0.15, -0.1) is 0 Å². The Morgan fingerprint density at radius 2 is 1.76 bits per heavy atom. The number of hydrogen-bond acceptors (Lipinski definition) is 3. The Hall–Kier alpha value is -2.12. The fourth-order valence-corrected chi connectivity index (χ4v) is 6.37. The van der Waals surface area contributed by atoms with E-state index >= 15 is 13.2 Å². The predicted molar refractivity (Wildman–Crippen MR) is 154 cm³/mol. The zero-order valence-electron chi connectivity index (χ0n) is 24.9. The molecule has 1 aromatic carbocycles. The minimum Gasteiger partial charge on any atom is -0.490 e. The van der Waals surface area contributed by atoms with Gasteiger partial charge in [0.25, 0.3) is 12.3 Å². The molecule has 230 valence electrons. The van der Waals surface area contributed by atoms with Crippen molar-refractivity contribution < 1.29 is 26.7 Å². The summed E-state index contributed by atoms with van der Waals surface area (Å²) < 4.78 is 81.7. The molecule has 0 N–H and O–H groups in total. The number of alkyl halides is 3. The molecule has 0 bridgehead atoms. The van der Waals surface area contributed by atoms with Crippen LogP contribution in [-0.4, -0.2) is 30.2 Å². The summed E-state index contributed by atoms with van der Waals surface area (Å²) in [6, 6.07) is 1.22. The SMILES string of the molecule is CCC(C)CCCCN1C=CC(C2CCc3cc(OCCCCCC(CC)C4CC4)c(F)c(F)c3C2(F)F)=NC1F. The number of nitrogens with zero attached hydrogens (tertiary/aromatic N) is 2. The molecule has 0 saturated heterocycles. The summed E-state index contributed by atoms with van der Waals surface area (Å²) >= 11 is 0. The Balaban J connectivity index is 1.33. The van der Waals surface area contributed by atoms with Gasteiger partial charge in [0.2, 0.25) is 5.82 Å². The molecule has 1 aliphatic heterocycles. The molecule has 2 aliphatic carbocycles. The summed E-state index contributed by atoms with van der Waals surface area (Å²) in [6.07, 6.45) is 12.8. The van der Waals surface area contributed by atoms with Crippen LogP contribution in [0.2, 0.25) is 0 Å². The van der Waals surface area contributed by atoms with Crippen LogP contribution < -0.4 is 4.74 Å². The first kappa shape index (κ1) is 31.8. The molecule has 0 amide bonds. The highest BCUT2D eigenvalue weighted by Crippen LogP contribution is 2.48. The Morgan fingerprint density at radius 3 is 2.44 bits per heavy atom. The summed E-state index contributed by atoms with van der Waals surface area (Å²) in [5.74, 6) is -6.27. The monoisotopic (exact) mass is 582 g/mol. The lowest BCUT2D eigenvalue weighted by molar-refractivity contribution is -0.0532. The summed E-state index contributed by atoms with van der Waals surface area (Å²) in [6.45, 7) is 7.20. The topological polar surface area (TPSA) is 24.8 Å². The molecule has 41 heavy (non-hydrogen) atoms. The second-order valence-corrected chi connectivity index (χ2v) is 12.4. The third kappa shape index (κ3) is 7.84. The molecule has 1 saturated carbocycles. The zero-order chi connectivity index (χ0) is 29.6. The largest absolute Gasteiger partial charge is 0.490 e. The molecular formula is C33H47F5N2O. The van der Waals surface area contributed by atoms with E-state index in [9.17, 15) is 8.78 Å². The van der Waals surface area contributed by atoms with Crippen molar-refractivity contribution in [3.05, 3.63) is 41.1 Å². The molecule has 0 radical (unpaired) electrons. The van der Waals surface area contributed by atoms with Crippen molar-refractivity contribution in [1.29, 1.82) is 0 Å². The lowest BCUT2D eigenvalue weighted by atomic mass is 9.77. The van der Waals surface area contributed by atoms with Gasteiger partial charge < -0.3 is 9.64 Å². The molecule has 8 heteroatoms. The molecule has 1 fully saturated rings. The average molecular weight is 583 g/mol. The molecule has 4 rings (SSSR count). The summed E-state index contributed by atoms with van der Waals surface area (Å²) in [7, 11) is 0. The van der Waals surface area contributed by atoms with Crippen LogP contribution in [0.3, 0.4) is 0 Å². The van der Waals surface area contributed by atoms with E-state index in [0.29, 0.717) is 18.9 Å². The Bertz CT molecular complexity index is 1070. The maximum atomic E-state index is 15.6. The Morgan fingerprint density at radius 1 is 1.00 bits per heavy atom. The number of aryl methyl sites for hydroxylation is 1. The standard InChI is InChI=1S/C33H47F5N2O/c1-4-22(3)11-8-9-18-40-19-17-27(39-32(40)36)26-16-15-25-21-28(30(34)31(35)29(25)33(26,37)38)41-20-10-6-7-12-23(5-2)24-13-14-24/h17,19,21-24,26,32H,4-16,18,20H2,1-3H3. The van der Waals surface area contributed by atoms with Crippen molar-refractivity contribution in [3.8, 4) is 5.75 Å². The van der Waals surface area contributed by atoms with E-state index in [0.717, 1.165) is 50.4 Å². The Kier molecular flexibility index (Phi) is 11.1. The van der Waals surface area contributed by atoms with Crippen LogP contribution in [0.5, 0.6) is 5.75 Å². The van der Waals surface area contributed by atoms with Gasteiger partial charge >= 0.3 is 0 Å². The van der Waals surface area contributed by atoms with Crippen molar-refractivity contribution in [2.24, 2.45) is 28.7 Å². The lowest BCUT2D eigenvalue weighted by Crippen LogP contribution is -2.40. The van der Waals surface area contributed by atoms with Crippen LogP contribution in [0.25, 0.3) is 0 Å². The van der Waals surface area contributed by atoms with Gasteiger partial charge in [-0.2, -0.15) is 8.78 Å². The van der Waals surface area contributed by atoms with E-state index in [1.165, 1.54) is 48.9 Å². The number of benzene rings is 1. The molecule has 4 unspecified atom stereocenters. The third-order valence-electron chi connectivity index (χ3n) is 9.40. The zero-order valence-corrected chi connectivity index (χ0v) is 24.9. The van der Waals surface area contributed by atoms with E-state index in [2.05, 4.69) is 25.8 Å². The molecule has 3 nitrogen and oxygen atoms in total. The molecule has 0 aromatic heterocycles. The molecule has 4 atom stereocenters. The highest BCUT2D eigenvalue weighted by molar-refractivity contribution is 5.98. The molecular weight excluding hydrogens is 535 g/mol. The van der Waals surface area contributed by atoms with Gasteiger partial charge in [0.1, 0.15) is 0 Å². The van der Waals surface area contributed by atoms with Crippen molar-refractivity contribution in [3.63, 3.8) is 0 Å². The van der Waals surface area contributed by atoms with E-state index < -0.39 is 35.5 Å². The van der Waals surface area contributed by atoms with Crippen LogP contribution in [0, 0.1) is 35.3 Å². The maximum absolute atomic E-state index is 15.6. The lowest BCUT2D eigenvalue weighted by Gasteiger charge is -2.36. The van der Waals surface area contributed by atoms with Crippen LogP contribution in [-0.2, 0) is 12.3 Å². The van der Waals surface area contributed by atoms with Gasteiger partial charge in [0, 0.05) is 12.7 Å². The van der Waals surface area contributed by atoms with Gasteiger partial charge in [0.05, 0.1) is 23.8 Å². The van der Waals surface area contributed by atoms with E-state index in [4.69, 9.17) is 4.74 Å². The summed E-state index contributed by atoms with van der Waals surface area (Å²) in [5.41, 5.74) is -1.03. The van der Waals surface area contributed by atoms with Crippen molar-refractivity contribution in [2.75, 3.05) is 13.2 Å². The summed E-state index contributed by atoms with van der Waals surface area (Å²) in [4.78, 5) is 5.31. The highest BCUT2D eigenvalue weighted by Gasteiger charge is 2.51. The van der Waals surface area contributed by atoms with Crippen LogP contribution in [0.4, 0.5) is 22.0 Å². The summed E-state index contributed by atoms with van der Waals surface area (Å²) in [5, 5.41) is 0. The van der Waals surface area contributed by atoms with Crippen molar-refractivity contribution in [2.45, 2.75) is 117 Å². The van der Waals surface area contributed by atoms with E-state index in [1.807, 2.05) is 0 Å². The minimum absolute atomic E-state index is 0.0375. The number of allylic oxidation sites excluding steroid dienone is 1. The number of aliphatic imine (C=N–C) groups is 1. The number of rotatable bonds is 16. The molecule has 1 heterocycles. The first-order valence-electron chi connectivity index (χ1n) is 15.8. The molecule has 1 aromatic rings. The van der Waals surface area contributed by atoms with Gasteiger partial charge in [-0.1, -0.05) is 65.7 Å². The molecule has 3 aliphatic rings. The number of halogens is 5. The first-order valence-corrected chi connectivity index (χ1v) is 15.8. The maximum Gasteiger partial charge on any atom is 0.284 e. The van der Waals surface area contributed by atoms with Crippen molar-refractivity contribution in [1.82, 2.24) is 4.90 Å². The fourth-order valence-electron chi connectivity index (χ4n) is 6.37. The third-order valence-corrected chi connectivity index (χ3v) is 9.40. The smallest absolute Gasteiger partial charge is 0.284 e. The number of ether oxygens (including phenoxy) is 1. The highest BCUT2D eigenvalue weighted by atomic mass is 19.3. The van der Waals surface area contributed by atoms with Gasteiger partial charge in [-0.3, -0.25) is 0 Å². The normalized spacial score (nSPS) is 23.2. The van der Waals surface area contributed by atoms with Crippen LogP contribution >= 0.6 is 0 Å². The van der Waals surface area contributed by atoms with Gasteiger partial charge in [-0.25, -0.2) is 18.2 Å². The van der Waals surface area contributed by atoms with Crippen LogP contribution in [0.15, 0.2) is 23.3 Å². The number of hydrogen-bond donors (Lipinski definition) is 0. The first-order chi connectivity index (χ1) is 19.7. The number of unbranched alkanes of at least 4 members (excludes halogenated alkanes) is 3. The fraction of sp³-hybridized carbons (Fsp3) is 0.727. The van der Waals surface area contributed by atoms with E-state index in [-0.39, 0.29) is 36.5 Å². The average Bonchev–Trinajstić information content (AvgIpc) is 3.79. The predicted octanol–water partition coefficient (Wildman–Crippen LogP) is 9.73. The van der Waals surface area contributed by atoms with Gasteiger partial charge in [-0.05, 0) is 74.0 Å². The second-order valence-electron chi connectivity index (χ2n) is 12.4. The minimum atomic E-state index is -3.73. The molecule has 0 spiro atoms.